The first-order valence-electron chi connectivity index (χ1n) is 6.82. The van der Waals surface area contributed by atoms with Crippen LogP contribution >= 0.6 is 0 Å². The Morgan fingerprint density at radius 1 is 1.14 bits per heavy atom. The van der Waals surface area contributed by atoms with Crippen molar-refractivity contribution in [1.29, 1.82) is 0 Å². The van der Waals surface area contributed by atoms with Gasteiger partial charge in [-0.2, -0.15) is 5.10 Å². The minimum atomic E-state index is -0.551. The van der Waals surface area contributed by atoms with Crippen LogP contribution in [-0.2, 0) is 6.54 Å². The van der Waals surface area contributed by atoms with Gasteiger partial charge in [0, 0.05) is 12.2 Å². The Morgan fingerprint density at radius 2 is 1.82 bits per heavy atom. The molecule has 0 atom stereocenters. The molecule has 0 spiro atoms. The van der Waals surface area contributed by atoms with Crippen LogP contribution in [0.5, 0.6) is 0 Å². The van der Waals surface area contributed by atoms with Crippen LogP contribution in [0.15, 0.2) is 39.9 Å². The van der Waals surface area contributed by atoms with Crippen LogP contribution in [0.25, 0.3) is 5.69 Å². The third-order valence-electron chi connectivity index (χ3n) is 3.49. The summed E-state index contributed by atoms with van der Waals surface area (Å²) in [5.41, 5.74) is 1.79. The van der Waals surface area contributed by atoms with E-state index >= 15 is 0 Å². The first kappa shape index (κ1) is 14.2. The normalized spacial score (nSPS) is 11.0. The summed E-state index contributed by atoms with van der Waals surface area (Å²) in [5, 5.41) is 7.18. The van der Waals surface area contributed by atoms with E-state index in [1.54, 1.807) is 12.1 Å². The lowest BCUT2D eigenvalue weighted by Crippen LogP contribution is -2.39. The summed E-state index contributed by atoms with van der Waals surface area (Å²) in [6.07, 6.45) is 0. The zero-order valence-electron chi connectivity index (χ0n) is 12.2. The van der Waals surface area contributed by atoms with E-state index in [-0.39, 0.29) is 17.2 Å². The second-order valence-electron chi connectivity index (χ2n) is 5.20. The number of nitrogens with zero attached hydrogens (tertiary/aromatic N) is 2. The maximum Gasteiger partial charge on any atom is 0.255 e. The molecule has 0 aliphatic carbocycles. The van der Waals surface area contributed by atoms with Gasteiger partial charge in [-0.05, 0) is 37.6 Å². The highest BCUT2D eigenvalue weighted by Crippen LogP contribution is 2.17. The predicted molar refractivity (Wildman–Crippen MR) is 81.7 cm³/mol. The van der Waals surface area contributed by atoms with Crippen LogP contribution in [0, 0.1) is 19.7 Å². The Balaban J connectivity index is 1.88. The van der Waals surface area contributed by atoms with E-state index in [2.05, 4.69) is 10.4 Å². The lowest BCUT2D eigenvalue weighted by Gasteiger charge is -2.14. The summed E-state index contributed by atoms with van der Waals surface area (Å²) in [5.74, 6) is -0.318. The third-order valence-corrected chi connectivity index (χ3v) is 3.49. The fraction of sp³-hybridized carbons (Fsp3) is 0.188. The van der Waals surface area contributed by atoms with Crippen LogP contribution in [0.2, 0.25) is 0 Å². The molecule has 6 heteroatoms. The molecule has 1 aromatic heterocycles. The maximum absolute atomic E-state index is 12.9. The second kappa shape index (κ2) is 5.22. The van der Waals surface area contributed by atoms with E-state index in [0.29, 0.717) is 6.54 Å². The zero-order chi connectivity index (χ0) is 15.9. The SMILES string of the molecule is Cc1cc(C)n(-c2c(NCc3ccc(F)cc3)c(=O)c2=O)n1. The lowest BCUT2D eigenvalue weighted by molar-refractivity contribution is 0.627. The number of rotatable bonds is 4. The molecule has 112 valence electrons. The summed E-state index contributed by atoms with van der Waals surface area (Å²) in [6, 6.07) is 7.77. The van der Waals surface area contributed by atoms with Gasteiger partial charge < -0.3 is 5.32 Å². The van der Waals surface area contributed by atoms with Crippen LogP contribution in [0.1, 0.15) is 17.0 Å². The quantitative estimate of drug-likeness (QED) is 0.747. The third kappa shape index (κ3) is 2.32. The fourth-order valence-corrected chi connectivity index (χ4v) is 2.39. The molecule has 0 saturated heterocycles. The number of hydrogen-bond acceptors (Lipinski definition) is 4. The predicted octanol–water partition coefficient (Wildman–Crippen LogP) is 1.84. The smallest absolute Gasteiger partial charge is 0.255 e. The topological polar surface area (TPSA) is 64.0 Å². The Morgan fingerprint density at radius 3 is 2.41 bits per heavy atom. The lowest BCUT2D eigenvalue weighted by atomic mass is 10.1. The Bertz CT molecular complexity index is 903. The zero-order valence-corrected chi connectivity index (χ0v) is 12.2. The first-order valence-corrected chi connectivity index (χ1v) is 6.82. The summed E-state index contributed by atoms with van der Waals surface area (Å²) in [7, 11) is 0. The van der Waals surface area contributed by atoms with Gasteiger partial charge in [0.2, 0.25) is 0 Å². The largest absolute Gasteiger partial charge is 0.376 e. The summed E-state index contributed by atoms with van der Waals surface area (Å²) in [4.78, 5) is 23.6. The number of benzene rings is 1. The van der Waals surface area contributed by atoms with Crippen LogP contribution < -0.4 is 16.2 Å². The molecule has 0 saturated carbocycles. The molecule has 0 aliphatic heterocycles. The number of halogens is 1. The van der Waals surface area contributed by atoms with Crippen molar-refractivity contribution in [1.82, 2.24) is 9.78 Å². The van der Waals surface area contributed by atoms with Crippen LogP contribution in [0.4, 0.5) is 10.1 Å². The molecule has 0 bridgehead atoms. The van der Waals surface area contributed by atoms with Crippen molar-refractivity contribution in [3.63, 3.8) is 0 Å². The van der Waals surface area contributed by atoms with Crippen LogP contribution in [0.3, 0.4) is 0 Å². The van der Waals surface area contributed by atoms with Crippen molar-refractivity contribution in [3.05, 3.63) is 73.5 Å². The van der Waals surface area contributed by atoms with E-state index in [4.69, 9.17) is 0 Å². The van der Waals surface area contributed by atoms with Gasteiger partial charge in [-0.3, -0.25) is 9.59 Å². The van der Waals surface area contributed by atoms with Gasteiger partial charge in [0.15, 0.2) is 0 Å². The molecule has 3 aromatic rings. The number of aryl methyl sites for hydroxylation is 2. The molecule has 0 fully saturated rings. The van der Waals surface area contributed by atoms with Gasteiger partial charge in [-0.1, -0.05) is 12.1 Å². The van der Waals surface area contributed by atoms with E-state index in [1.807, 2.05) is 19.9 Å². The van der Waals surface area contributed by atoms with Gasteiger partial charge >= 0.3 is 0 Å². The monoisotopic (exact) mass is 299 g/mol. The molecule has 2 aromatic carbocycles. The highest BCUT2D eigenvalue weighted by molar-refractivity contribution is 5.66. The van der Waals surface area contributed by atoms with Crippen molar-refractivity contribution in [2.45, 2.75) is 20.4 Å². The average molecular weight is 299 g/mol. The molecule has 0 unspecified atom stereocenters. The van der Waals surface area contributed by atoms with Gasteiger partial charge in [-0.25, -0.2) is 9.07 Å². The average Bonchev–Trinajstić information content (AvgIpc) is 2.82. The minimum Gasteiger partial charge on any atom is -0.376 e. The number of nitrogens with one attached hydrogen (secondary N) is 1. The van der Waals surface area contributed by atoms with Crippen molar-refractivity contribution in [3.8, 4) is 5.69 Å². The van der Waals surface area contributed by atoms with Crippen LogP contribution in [-0.4, -0.2) is 9.78 Å². The molecule has 0 amide bonds. The van der Waals surface area contributed by atoms with Gasteiger partial charge in [0.1, 0.15) is 17.2 Å². The Labute approximate surface area is 125 Å². The van der Waals surface area contributed by atoms with E-state index in [9.17, 15) is 14.0 Å². The summed E-state index contributed by atoms with van der Waals surface area (Å²) >= 11 is 0. The molecule has 0 radical (unpaired) electrons. The molecular formula is C16H14FN3O2. The standard InChI is InChI=1S/C16H14FN3O2/c1-9-7-10(2)20(19-9)14-13(15(21)16(14)22)18-8-11-3-5-12(17)6-4-11/h3-7,18H,8H2,1-2H3. The van der Waals surface area contributed by atoms with Gasteiger partial charge in [0.05, 0.1) is 5.69 Å². The number of anilines is 1. The molecule has 5 nitrogen and oxygen atoms in total. The van der Waals surface area contributed by atoms with Gasteiger partial charge in [-0.15, -0.1) is 0 Å². The Kier molecular flexibility index (Phi) is 3.36. The van der Waals surface area contributed by atoms with E-state index in [0.717, 1.165) is 17.0 Å². The minimum absolute atomic E-state index is 0.250. The number of hydrogen-bond donors (Lipinski definition) is 1. The maximum atomic E-state index is 12.9. The molecule has 0 aliphatic rings. The molecule has 1 heterocycles. The van der Waals surface area contributed by atoms with E-state index < -0.39 is 10.9 Å². The first-order chi connectivity index (χ1) is 10.5. The summed E-state index contributed by atoms with van der Waals surface area (Å²) < 4.78 is 14.3. The summed E-state index contributed by atoms with van der Waals surface area (Å²) in [6.45, 7) is 3.97. The van der Waals surface area contributed by atoms with Crippen molar-refractivity contribution in [2.75, 3.05) is 5.32 Å². The highest BCUT2D eigenvalue weighted by atomic mass is 19.1. The highest BCUT2D eigenvalue weighted by Gasteiger charge is 2.24. The molecular weight excluding hydrogens is 285 g/mol. The van der Waals surface area contributed by atoms with Gasteiger partial charge in [0.25, 0.3) is 10.9 Å². The molecule has 1 N–H and O–H groups in total. The molecule has 3 rings (SSSR count). The van der Waals surface area contributed by atoms with Crippen molar-refractivity contribution >= 4 is 5.69 Å². The second-order valence-corrected chi connectivity index (χ2v) is 5.20. The van der Waals surface area contributed by atoms with E-state index in [1.165, 1.54) is 16.8 Å². The molecule has 22 heavy (non-hydrogen) atoms. The fourth-order valence-electron chi connectivity index (χ4n) is 2.39. The Hall–Kier alpha value is -2.76. The number of aromatic nitrogens is 2. The van der Waals surface area contributed by atoms with Crippen molar-refractivity contribution < 1.29 is 4.39 Å². The van der Waals surface area contributed by atoms with Crippen molar-refractivity contribution in [2.24, 2.45) is 0 Å².